The molecule has 2 aromatic heterocycles. The van der Waals surface area contributed by atoms with E-state index in [1.54, 1.807) is 7.05 Å². The van der Waals surface area contributed by atoms with E-state index in [2.05, 4.69) is 15.0 Å². The van der Waals surface area contributed by atoms with Crippen LogP contribution in [0.25, 0.3) is 22.4 Å². The Labute approximate surface area is 188 Å². The number of carbonyl (C=O) groups excluding carboxylic acids is 1. The zero-order valence-corrected chi connectivity index (χ0v) is 19.5. The maximum atomic E-state index is 12.8. The maximum Gasteiger partial charge on any atom is 0.255 e. The summed E-state index contributed by atoms with van der Waals surface area (Å²) in [5, 5.41) is 3.31. The van der Waals surface area contributed by atoms with Crippen LogP contribution < -0.4 is 10.0 Å². The number of sulfonamides is 1. The van der Waals surface area contributed by atoms with Crippen molar-refractivity contribution in [2.45, 2.75) is 51.2 Å². The van der Waals surface area contributed by atoms with Crippen molar-refractivity contribution in [1.82, 2.24) is 15.0 Å². The number of amides is 1. The van der Waals surface area contributed by atoms with E-state index in [4.69, 9.17) is 4.42 Å². The number of nitrogens with one attached hydrogen (secondary N) is 2. The summed E-state index contributed by atoms with van der Waals surface area (Å²) in [7, 11) is -1.94. The van der Waals surface area contributed by atoms with Crippen LogP contribution in [0.2, 0.25) is 0 Å². The summed E-state index contributed by atoms with van der Waals surface area (Å²) in [6.07, 6.45) is 3.67. The Bertz CT molecular complexity index is 1240. The molecule has 0 radical (unpaired) electrons. The summed E-state index contributed by atoms with van der Waals surface area (Å²) in [5.41, 5.74) is 3.97. The highest BCUT2D eigenvalue weighted by Crippen LogP contribution is 2.44. The molecule has 3 aromatic rings. The van der Waals surface area contributed by atoms with Crippen LogP contribution in [0.1, 0.15) is 65.7 Å². The number of pyridine rings is 1. The molecule has 1 aromatic carbocycles. The van der Waals surface area contributed by atoms with Gasteiger partial charge in [0.15, 0.2) is 0 Å². The number of hydrogen-bond acceptors (Lipinski definition) is 5. The second-order valence-corrected chi connectivity index (χ2v) is 10.2. The third kappa shape index (κ3) is 4.71. The van der Waals surface area contributed by atoms with Crippen molar-refractivity contribution in [3.63, 3.8) is 0 Å². The molecular formula is C24H29N3O4S. The van der Waals surface area contributed by atoms with Crippen LogP contribution in [-0.4, -0.2) is 32.9 Å². The number of nitrogens with zero attached hydrogens (tertiary/aromatic N) is 1. The average molecular weight is 456 g/mol. The van der Waals surface area contributed by atoms with Gasteiger partial charge in [-0.3, -0.25) is 4.79 Å². The Balaban J connectivity index is 1.83. The van der Waals surface area contributed by atoms with Gasteiger partial charge in [-0.2, -0.15) is 0 Å². The third-order valence-electron chi connectivity index (χ3n) is 5.76. The largest absolute Gasteiger partial charge is 0.437 e. The van der Waals surface area contributed by atoms with Gasteiger partial charge in [-0.15, -0.1) is 0 Å². The molecule has 2 N–H and O–H groups in total. The predicted molar refractivity (Wildman–Crippen MR) is 125 cm³/mol. The highest BCUT2D eigenvalue weighted by Gasteiger charge is 2.31. The van der Waals surface area contributed by atoms with Gasteiger partial charge in [0.1, 0.15) is 11.5 Å². The molecule has 1 amide bonds. The van der Waals surface area contributed by atoms with Crippen LogP contribution in [0.5, 0.6) is 0 Å². The lowest BCUT2D eigenvalue weighted by molar-refractivity contribution is 0.0964. The van der Waals surface area contributed by atoms with Gasteiger partial charge >= 0.3 is 0 Å². The lowest BCUT2D eigenvalue weighted by atomic mass is 10.0. The van der Waals surface area contributed by atoms with E-state index in [0.29, 0.717) is 28.9 Å². The SMILES string of the molecule is CCCCNS(=O)(=O)Cc1nc2oc(-c3ccc(C)cc3)c(C(=O)NC)c2cc1C1CC1. The van der Waals surface area contributed by atoms with Gasteiger partial charge in [-0.05, 0) is 43.7 Å². The highest BCUT2D eigenvalue weighted by molar-refractivity contribution is 7.88. The summed E-state index contributed by atoms with van der Waals surface area (Å²) < 4.78 is 34.0. The summed E-state index contributed by atoms with van der Waals surface area (Å²) in [6, 6.07) is 9.63. The first kappa shape index (κ1) is 22.5. The topological polar surface area (TPSA) is 101 Å². The quantitative estimate of drug-likeness (QED) is 0.470. The molecule has 2 heterocycles. The van der Waals surface area contributed by atoms with E-state index < -0.39 is 10.0 Å². The molecule has 8 heteroatoms. The molecule has 0 saturated heterocycles. The van der Waals surface area contributed by atoms with Gasteiger partial charge < -0.3 is 9.73 Å². The van der Waals surface area contributed by atoms with E-state index in [0.717, 1.165) is 42.4 Å². The van der Waals surface area contributed by atoms with Crippen LogP contribution in [0, 0.1) is 6.92 Å². The number of aromatic nitrogens is 1. The van der Waals surface area contributed by atoms with Gasteiger partial charge in [0, 0.05) is 19.2 Å². The molecule has 7 nitrogen and oxygen atoms in total. The van der Waals surface area contributed by atoms with E-state index in [1.165, 1.54) is 0 Å². The Hall–Kier alpha value is -2.71. The first-order chi connectivity index (χ1) is 15.3. The Morgan fingerprint density at radius 3 is 2.56 bits per heavy atom. The number of fused-ring (bicyclic) bond motifs is 1. The number of aryl methyl sites for hydroxylation is 1. The van der Waals surface area contributed by atoms with Crippen molar-refractivity contribution >= 4 is 27.0 Å². The van der Waals surface area contributed by atoms with Crippen LogP contribution in [0.15, 0.2) is 34.7 Å². The van der Waals surface area contributed by atoms with Crippen LogP contribution in [0.4, 0.5) is 0 Å². The van der Waals surface area contributed by atoms with Crippen molar-refractivity contribution < 1.29 is 17.6 Å². The minimum Gasteiger partial charge on any atom is -0.437 e. The molecule has 0 atom stereocenters. The van der Waals surface area contributed by atoms with Gasteiger partial charge in [0.05, 0.1) is 16.6 Å². The van der Waals surface area contributed by atoms with Crippen molar-refractivity contribution in [2.24, 2.45) is 0 Å². The second kappa shape index (κ2) is 9.03. The lowest BCUT2D eigenvalue weighted by Crippen LogP contribution is -2.26. The predicted octanol–water partition coefficient (Wildman–Crippen LogP) is 4.26. The fraction of sp³-hybridized carbons (Fsp3) is 0.417. The third-order valence-corrected chi connectivity index (χ3v) is 7.06. The number of hydrogen-bond donors (Lipinski definition) is 2. The molecule has 1 fully saturated rings. The number of rotatable bonds is 9. The maximum absolute atomic E-state index is 12.8. The molecule has 1 aliphatic rings. The molecule has 1 saturated carbocycles. The number of carbonyl (C=O) groups is 1. The van der Waals surface area contributed by atoms with Gasteiger partial charge in [-0.25, -0.2) is 18.1 Å². The fourth-order valence-corrected chi connectivity index (χ4v) is 4.98. The van der Waals surface area contributed by atoms with Gasteiger partial charge in [-0.1, -0.05) is 43.2 Å². The van der Waals surface area contributed by atoms with Crippen molar-refractivity contribution in [1.29, 1.82) is 0 Å². The minimum absolute atomic E-state index is 0.200. The van der Waals surface area contributed by atoms with E-state index in [-0.39, 0.29) is 23.3 Å². The first-order valence-electron chi connectivity index (χ1n) is 11.1. The molecule has 0 unspecified atom stereocenters. The lowest BCUT2D eigenvalue weighted by Gasteiger charge is -2.10. The van der Waals surface area contributed by atoms with Gasteiger partial charge in [0.2, 0.25) is 15.7 Å². The van der Waals surface area contributed by atoms with E-state index >= 15 is 0 Å². The summed E-state index contributed by atoms with van der Waals surface area (Å²) >= 11 is 0. The van der Waals surface area contributed by atoms with E-state index in [9.17, 15) is 13.2 Å². The Morgan fingerprint density at radius 1 is 1.22 bits per heavy atom. The van der Waals surface area contributed by atoms with Crippen molar-refractivity contribution in [2.75, 3.05) is 13.6 Å². The Kier molecular flexibility index (Phi) is 6.35. The number of furan rings is 1. The fourth-order valence-electron chi connectivity index (χ4n) is 3.83. The zero-order valence-electron chi connectivity index (χ0n) is 18.7. The van der Waals surface area contributed by atoms with Crippen molar-refractivity contribution in [3.8, 4) is 11.3 Å². The molecule has 0 spiro atoms. The molecule has 0 bridgehead atoms. The zero-order chi connectivity index (χ0) is 22.9. The highest BCUT2D eigenvalue weighted by atomic mass is 32.2. The van der Waals surface area contributed by atoms with Crippen LogP contribution in [0.3, 0.4) is 0 Å². The average Bonchev–Trinajstić information content (AvgIpc) is 3.54. The Morgan fingerprint density at radius 2 is 1.94 bits per heavy atom. The molecule has 4 rings (SSSR count). The van der Waals surface area contributed by atoms with E-state index in [1.807, 2.05) is 44.2 Å². The molecular weight excluding hydrogens is 426 g/mol. The van der Waals surface area contributed by atoms with Crippen LogP contribution in [-0.2, 0) is 15.8 Å². The van der Waals surface area contributed by atoms with Gasteiger partial charge in [0.25, 0.3) is 5.91 Å². The molecule has 170 valence electrons. The summed E-state index contributed by atoms with van der Waals surface area (Å²) in [6.45, 7) is 4.42. The standard InChI is InChI=1S/C24H29N3O4S/c1-4-5-12-26-32(29,30)14-20-18(16-10-11-16)13-19-21(23(28)25-3)22(31-24(19)27-20)17-8-6-15(2)7-9-17/h6-9,13,16,26H,4-5,10-12,14H2,1-3H3,(H,25,28). The number of unbranched alkanes of at least 4 members (excludes halogenated alkanes) is 1. The summed E-state index contributed by atoms with van der Waals surface area (Å²) in [5.74, 6) is 0.246. The summed E-state index contributed by atoms with van der Waals surface area (Å²) in [4.78, 5) is 17.4. The number of benzene rings is 1. The molecule has 32 heavy (non-hydrogen) atoms. The molecule has 1 aliphatic carbocycles. The first-order valence-corrected chi connectivity index (χ1v) is 12.7. The minimum atomic E-state index is -3.52. The molecule has 0 aliphatic heterocycles. The van der Waals surface area contributed by atoms with Crippen LogP contribution >= 0.6 is 0 Å². The normalized spacial score (nSPS) is 14.1. The van der Waals surface area contributed by atoms with Crippen molar-refractivity contribution in [3.05, 3.63) is 52.7 Å². The smallest absolute Gasteiger partial charge is 0.255 e. The second-order valence-electron chi connectivity index (χ2n) is 8.41. The monoisotopic (exact) mass is 455 g/mol.